The Balaban J connectivity index is 0.00000242. The van der Waals surface area contributed by atoms with Gasteiger partial charge in [0, 0.05) is 42.5 Å². The maximum atomic E-state index is 4.79. The number of nitrogens with one attached hydrogen (secondary N) is 1. The summed E-state index contributed by atoms with van der Waals surface area (Å²) >= 11 is 2.08. The maximum absolute atomic E-state index is 4.79. The molecule has 1 aromatic rings. The lowest BCUT2D eigenvalue weighted by Crippen LogP contribution is -2.48. The number of aryl methyl sites for hydroxylation is 1. The van der Waals surface area contributed by atoms with Gasteiger partial charge in [-0.2, -0.15) is 11.8 Å². The molecule has 1 aliphatic rings. The lowest BCUT2D eigenvalue weighted by atomic mass is 10.2. The van der Waals surface area contributed by atoms with Gasteiger partial charge in [-0.1, -0.05) is 13.0 Å². The average Bonchev–Trinajstić information content (AvgIpc) is 2.53. The highest BCUT2D eigenvalue weighted by Crippen LogP contribution is 2.21. The van der Waals surface area contributed by atoms with Crippen LogP contribution in [0.3, 0.4) is 0 Å². The molecule has 0 bridgehead atoms. The predicted octanol–water partition coefficient (Wildman–Crippen LogP) is 3.30. The van der Waals surface area contributed by atoms with Crippen LogP contribution < -0.4 is 5.32 Å². The molecule has 1 unspecified atom stereocenters. The van der Waals surface area contributed by atoms with E-state index in [1.54, 1.807) is 0 Å². The Morgan fingerprint density at radius 2 is 2.27 bits per heavy atom. The summed E-state index contributed by atoms with van der Waals surface area (Å²) in [4.78, 5) is 11.5. The van der Waals surface area contributed by atoms with E-state index in [2.05, 4.69) is 46.9 Å². The number of hydrogen-bond donors (Lipinski definition) is 1. The number of rotatable bonds is 4. The van der Waals surface area contributed by atoms with E-state index >= 15 is 0 Å². The fraction of sp³-hybridized carbons (Fsp3) is 0.625. The Morgan fingerprint density at radius 3 is 2.91 bits per heavy atom. The first-order valence-electron chi connectivity index (χ1n) is 7.79. The van der Waals surface area contributed by atoms with Gasteiger partial charge in [0.15, 0.2) is 5.96 Å². The molecule has 1 fully saturated rings. The van der Waals surface area contributed by atoms with Crippen molar-refractivity contribution in [1.29, 1.82) is 0 Å². The lowest BCUT2D eigenvalue weighted by molar-refractivity contribution is 0.408. The van der Waals surface area contributed by atoms with Crippen molar-refractivity contribution in [2.45, 2.75) is 39.0 Å². The zero-order valence-electron chi connectivity index (χ0n) is 13.7. The van der Waals surface area contributed by atoms with Gasteiger partial charge in [0.25, 0.3) is 0 Å². The van der Waals surface area contributed by atoms with Crippen molar-refractivity contribution in [3.05, 3.63) is 29.6 Å². The Kier molecular flexibility index (Phi) is 9.16. The summed E-state index contributed by atoms with van der Waals surface area (Å²) in [6.07, 6.45) is 3.14. The number of aromatic nitrogens is 1. The molecule has 0 radical (unpaired) electrons. The Bertz CT molecular complexity index is 464. The summed E-state index contributed by atoms with van der Waals surface area (Å²) in [5.74, 6) is 2.23. The van der Waals surface area contributed by atoms with Crippen molar-refractivity contribution in [2.24, 2.45) is 4.99 Å². The molecule has 1 aliphatic heterocycles. The largest absolute Gasteiger partial charge is 0.357 e. The first-order valence-corrected chi connectivity index (χ1v) is 8.84. The molecule has 22 heavy (non-hydrogen) atoms. The second-order valence-electron chi connectivity index (χ2n) is 5.33. The number of hydrogen-bond acceptors (Lipinski definition) is 3. The first kappa shape index (κ1) is 19.5. The molecule has 1 aromatic heterocycles. The molecule has 1 saturated heterocycles. The normalized spacial score (nSPS) is 18.8. The van der Waals surface area contributed by atoms with E-state index in [-0.39, 0.29) is 24.0 Å². The molecule has 124 valence electrons. The second-order valence-corrected chi connectivity index (χ2v) is 6.73. The van der Waals surface area contributed by atoms with E-state index in [4.69, 9.17) is 4.99 Å². The van der Waals surface area contributed by atoms with E-state index in [1.807, 2.05) is 19.2 Å². The van der Waals surface area contributed by atoms with Crippen molar-refractivity contribution in [2.75, 3.05) is 25.4 Å². The lowest BCUT2D eigenvalue weighted by Gasteiger charge is -2.34. The SMILES string of the molecule is CCNC(=NCc1ccc(C)nc1)N1CCSC(CC)C1.I. The fourth-order valence-corrected chi connectivity index (χ4v) is 3.52. The van der Waals surface area contributed by atoms with Gasteiger partial charge >= 0.3 is 0 Å². The fourth-order valence-electron chi connectivity index (χ4n) is 2.34. The topological polar surface area (TPSA) is 40.5 Å². The summed E-state index contributed by atoms with van der Waals surface area (Å²) in [5.41, 5.74) is 2.21. The molecule has 0 aliphatic carbocycles. The molecule has 0 spiro atoms. The van der Waals surface area contributed by atoms with Crippen molar-refractivity contribution in [1.82, 2.24) is 15.2 Å². The number of thioether (sulfide) groups is 1. The minimum Gasteiger partial charge on any atom is -0.357 e. The van der Waals surface area contributed by atoms with Crippen molar-refractivity contribution >= 4 is 41.7 Å². The summed E-state index contributed by atoms with van der Waals surface area (Å²) < 4.78 is 0. The molecule has 0 saturated carbocycles. The van der Waals surface area contributed by atoms with Crippen LogP contribution >= 0.6 is 35.7 Å². The summed E-state index contributed by atoms with van der Waals surface area (Å²) in [6, 6.07) is 4.15. The zero-order valence-corrected chi connectivity index (χ0v) is 16.9. The smallest absolute Gasteiger partial charge is 0.194 e. The van der Waals surface area contributed by atoms with Gasteiger partial charge in [-0.05, 0) is 31.9 Å². The van der Waals surface area contributed by atoms with Gasteiger partial charge in [-0.25, -0.2) is 4.99 Å². The molecule has 2 heterocycles. The summed E-state index contributed by atoms with van der Waals surface area (Å²) in [5, 5.41) is 4.15. The highest BCUT2D eigenvalue weighted by atomic mass is 127. The van der Waals surface area contributed by atoms with E-state index in [0.717, 1.165) is 42.1 Å². The minimum absolute atomic E-state index is 0. The van der Waals surface area contributed by atoms with E-state index in [1.165, 1.54) is 12.2 Å². The highest BCUT2D eigenvalue weighted by Gasteiger charge is 2.21. The van der Waals surface area contributed by atoms with Gasteiger partial charge in [0.2, 0.25) is 0 Å². The van der Waals surface area contributed by atoms with E-state index in [0.29, 0.717) is 6.54 Å². The first-order chi connectivity index (χ1) is 10.2. The number of pyridine rings is 1. The molecule has 6 heteroatoms. The van der Waals surface area contributed by atoms with Crippen LogP contribution in [0.5, 0.6) is 0 Å². The minimum atomic E-state index is 0. The Morgan fingerprint density at radius 1 is 1.45 bits per heavy atom. The third-order valence-corrected chi connectivity index (χ3v) is 4.98. The van der Waals surface area contributed by atoms with Gasteiger partial charge < -0.3 is 10.2 Å². The van der Waals surface area contributed by atoms with Crippen LogP contribution in [0.4, 0.5) is 0 Å². The number of aliphatic imine (C=N–C) groups is 1. The van der Waals surface area contributed by atoms with Crippen LogP contribution in [0.25, 0.3) is 0 Å². The third kappa shape index (κ3) is 5.95. The van der Waals surface area contributed by atoms with Crippen LogP contribution in [0.1, 0.15) is 31.5 Å². The Labute approximate surface area is 155 Å². The molecule has 1 atom stereocenters. The molecule has 4 nitrogen and oxygen atoms in total. The van der Waals surface area contributed by atoms with Crippen molar-refractivity contribution in [3.63, 3.8) is 0 Å². The van der Waals surface area contributed by atoms with Crippen LogP contribution in [-0.2, 0) is 6.54 Å². The van der Waals surface area contributed by atoms with Crippen molar-refractivity contribution in [3.8, 4) is 0 Å². The van der Waals surface area contributed by atoms with Crippen LogP contribution in [0.15, 0.2) is 23.3 Å². The zero-order chi connectivity index (χ0) is 15.1. The van der Waals surface area contributed by atoms with Crippen LogP contribution in [0, 0.1) is 6.92 Å². The van der Waals surface area contributed by atoms with E-state index < -0.39 is 0 Å². The summed E-state index contributed by atoms with van der Waals surface area (Å²) in [6.45, 7) is 10.2. The van der Waals surface area contributed by atoms with Gasteiger partial charge in [0.05, 0.1) is 6.54 Å². The summed E-state index contributed by atoms with van der Waals surface area (Å²) in [7, 11) is 0. The number of guanidine groups is 1. The monoisotopic (exact) mass is 434 g/mol. The third-order valence-electron chi connectivity index (χ3n) is 3.61. The van der Waals surface area contributed by atoms with Gasteiger partial charge in [-0.3, -0.25) is 4.98 Å². The van der Waals surface area contributed by atoms with E-state index in [9.17, 15) is 0 Å². The molecular weight excluding hydrogens is 407 g/mol. The predicted molar refractivity (Wildman–Crippen MR) is 107 cm³/mol. The Hall–Kier alpha value is -0.500. The number of halogens is 1. The molecular formula is C16H27IN4S. The van der Waals surface area contributed by atoms with Gasteiger partial charge in [-0.15, -0.1) is 24.0 Å². The average molecular weight is 434 g/mol. The van der Waals surface area contributed by atoms with Crippen LogP contribution in [0.2, 0.25) is 0 Å². The quantitative estimate of drug-likeness (QED) is 0.449. The van der Waals surface area contributed by atoms with Crippen molar-refractivity contribution < 1.29 is 0 Å². The standard InChI is InChI=1S/C16H26N4S.HI/c1-4-15-12-20(8-9-21-15)16(17-5-2)19-11-14-7-6-13(3)18-10-14;/h6-7,10,15H,4-5,8-9,11-12H2,1-3H3,(H,17,19);1H. The molecule has 2 rings (SSSR count). The maximum Gasteiger partial charge on any atom is 0.194 e. The second kappa shape index (κ2) is 10.3. The molecule has 0 aromatic carbocycles. The molecule has 0 amide bonds. The molecule has 1 N–H and O–H groups in total. The van der Waals surface area contributed by atoms with Crippen LogP contribution in [-0.4, -0.2) is 46.5 Å². The number of nitrogens with zero attached hydrogens (tertiary/aromatic N) is 3. The highest BCUT2D eigenvalue weighted by molar-refractivity contribution is 14.0. The van der Waals surface area contributed by atoms with Gasteiger partial charge in [0.1, 0.15) is 0 Å².